The van der Waals surface area contributed by atoms with E-state index in [1.165, 1.54) is 0 Å². The lowest BCUT2D eigenvalue weighted by Crippen LogP contribution is -2.37. The molecule has 0 amide bonds. The molecule has 0 N–H and O–H groups in total. The fourth-order valence-corrected chi connectivity index (χ4v) is 12.6. The molecule has 5 aliphatic heterocycles. The Bertz CT molecular complexity index is 4920. The summed E-state index contributed by atoms with van der Waals surface area (Å²) in [6.07, 6.45) is 0. The van der Waals surface area contributed by atoms with E-state index in [-0.39, 0.29) is 0 Å². The molecule has 5 heterocycles. The average molecular weight is 1020 g/mol. The zero-order valence-electron chi connectivity index (χ0n) is 42.8. The number of aliphatic imine (C=N–C) groups is 7. The molecule has 80 heavy (non-hydrogen) atoms. The minimum absolute atomic E-state index is 0.503. The predicted molar refractivity (Wildman–Crippen MR) is 329 cm³/mol. The van der Waals surface area contributed by atoms with Gasteiger partial charge in [-0.05, 0) is 108 Å². The standard InChI is InChI=1S/C72H42N8/c1-5-21-43(22-6-1)61-53-35-19-20-36-54(53)62(44-23-7-2-8-24-44)64-63(61)69-75-67-58-40-48-28-16-18-30-50(48)42-60(58)71(77-67)80(52-33-11-4-12-34-52)70-59-41-49-29-17-15-27-47(49)39-57(59)66(76-70)73-65-55-37-45-25-13-14-26-46(45)38-56(55)68(74-65)78-72(64,79-69)51-31-9-3-10-32-51/h1-42H. The summed E-state index contributed by atoms with van der Waals surface area (Å²) in [6, 6.07) is 89.7. The molecule has 0 spiro atoms. The van der Waals surface area contributed by atoms with Crippen LogP contribution in [0.4, 0.5) is 5.69 Å². The second-order valence-corrected chi connectivity index (χ2v) is 20.8. The molecule has 8 nitrogen and oxygen atoms in total. The Kier molecular flexibility index (Phi) is 9.46. The van der Waals surface area contributed by atoms with E-state index >= 15 is 0 Å². The second-order valence-electron chi connectivity index (χ2n) is 20.8. The van der Waals surface area contributed by atoms with Crippen LogP contribution in [0.15, 0.2) is 290 Å². The van der Waals surface area contributed by atoms with Crippen LogP contribution >= 0.6 is 0 Å². The lowest BCUT2D eigenvalue weighted by molar-refractivity contribution is 0.590. The SMILES string of the molecule is c1ccc(-c2c3c(c(-c4ccccc4)c4ccccc24)C2(c4ccccc4)N=C4N=C(N=C5N=C(c6cc7ccccc7cc65)N(c5ccccc5)C5=NC(=NC3=N2)c2cc3ccccc3cc25)c2cc3ccccc3cc24)cc1. The Labute approximate surface area is 459 Å². The van der Waals surface area contributed by atoms with E-state index in [2.05, 4.69) is 248 Å². The average Bonchev–Trinajstić information content (AvgIpc) is 4.39. The van der Waals surface area contributed by atoms with E-state index in [0.29, 0.717) is 40.8 Å². The Morgan fingerprint density at radius 1 is 0.275 bits per heavy atom. The van der Waals surface area contributed by atoms with Crippen LogP contribution in [0.1, 0.15) is 50.1 Å². The van der Waals surface area contributed by atoms with Crippen molar-refractivity contribution in [2.45, 2.75) is 5.66 Å². The number of para-hydroxylation sites is 1. The Hall–Kier alpha value is -10.8. The van der Waals surface area contributed by atoms with E-state index in [0.717, 1.165) is 121 Å². The lowest BCUT2D eigenvalue weighted by Gasteiger charge is -2.29. The summed E-state index contributed by atoms with van der Waals surface area (Å²) in [5.41, 5.74) is 11.4. The largest absolute Gasteiger partial charge is 0.278 e. The van der Waals surface area contributed by atoms with Crippen molar-refractivity contribution in [2.75, 3.05) is 4.90 Å². The van der Waals surface area contributed by atoms with Gasteiger partial charge in [0.05, 0.1) is 0 Å². The first-order valence-corrected chi connectivity index (χ1v) is 27.0. The fourth-order valence-electron chi connectivity index (χ4n) is 12.6. The van der Waals surface area contributed by atoms with Gasteiger partial charge in [-0.3, -0.25) is 4.90 Å². The van der Waals surface area contributed by atoms with Crippen LogP contribution in [0.5, 0.6) is 0 Å². The van der Waals surface area contributed by atoms with E-state index in [9.17, 15) is 0 Å². The molecular formula is C72H42N8. The van der Waals surface area contributed by atoms with E-state index in [1.54, 1.807) is 0 Å². The van der Waals surface area contributed by atoms with Crippen molar-refractivity contribution in [3.05, 3.63) is 305 Å². The van der Waals surface area contributed by atoms with E-state index in [1.807, 2.05) is 12.1 Å². The van der Waals surface area contributed by atoms with Gasteiger partial charge in [0.15, 0.2) is 29.2 Å². The number of hydrogen-bond acceptors (Lipinski definition) is 8. The van der Waals surface area contributed by atoms with Crippen molar-refractivity contribution in [3.8, 4) is 22.3 Å². The second kappa shape index (κ2) is 17.1. The topological polar surface area (TPSA) is 89.8 Å². The van der Waals surface area contributed by atoms with Crippen molar-refractivity contribution < 1.29 is 0 Å². The van der Waals surface area contributed by atoms with Gasteiger partial charge in [-0.1, -0.05) is 206 Å². The molecule has 1 unspecified atom stereocenters. The summed E-state index contributed by atoms with van der Waals surface area (Å²) in [5, 5.41) is 8.57. The zero-order valence-corrected chi connectivity index (χ0v) is 42.8. The van der Waals surface area contributed by atoms with Gasteiger partial charge in [0, 0.05) is 61.3 Å². The van der Waals surface area contributed by atoms with Gasteiger partial charge >= 0.3 is 0 Å². The first-order chi connectivity index (χ1) is 39.6. The van der Waals surface area contributed by atoms with Crippen molar-refractivity contribution in [1.29, 1.82) is 0 Å². The van der Waals surface area contributed by atoms with Gasteiger partial charge in [-0.2, -0.15) is 0 Å². The molecule has 12 aromatic carbocycles. The van der Waals surface area contributed by atoms with E-state index < -0.39 is 5.66 Å². The van der Waals surface area contributed by atoms with Crippen LogP contribution in [-0.4, -0.2) is 40.8 Å². The molecule has 0 radical (unpaired) electrons. The third-order valence-electron chi connectivity index (χ3n) is 16.2. The highest BCUT2D eigenvalue weighted by Gasteiger charge is 2.48. The van der Waals surface area contributed by atoms with Crippen molar-refractivity contribution in [3.63, 3.8) is 0 Å². The normalized spacial score (nSPS) is 16.6. The number of rotatable bonds is 4. The summed E-state index contributed by atoms with van der Waals surface area (Å²) < 4.78 is 0. The van der Waals surface area contributed by atoms with Gasteiger partial charge in [-0.15, -0.1) is 0 Å². The maximum atomic E-state index is 6.11. The van der Waals surface area contributed by atoms with Crippen LogP contribution in [-0.2, 0) is 5.66 Å². The number of fused-ring (bicyclic) bond motifs is 20. The highest BCUT2D eigenvalue weighted by atomic mass is 15.3. The molecule has 5 aliphatic rings. The van der Waals surface area contributed by atoms with Gasteiger partial charge < -0.3 is 0 Å². The van der Waals surface area contributed by atoms with Crippen molar-refractivity contribution in [1.82, 2.24) is 0 Å². The first kappa shape index (κ1) is 44.3. The molecule has 12 aromatic rings. The van der Waals surface area contributed by atoms with Crippen LogP contribution in [0.3, 0.4) is 0 Å². The molecule has 0 saturated heterocycles. The Morgan fingerprint density at radius 2 is 0.625 bits per heavy atom. The fraction of sp³-hybridized carbons (Fsp3) is 0.0139. The summed E-state index contributed by atoms with van der Waals surface area (Å²) in [7, 11) is 0. The van der Waals surface area contributed by atoms with Crippen LogP contribution in [0.25, 0.3) is 65.3 Å². The van der Waals surface area contributed by atoms with Crippen molar-refractivity contribution >= 4 is 89.6 Å². The predicted octanol–water partition coefficient (Wildman–Crippen LogP) is 15.7. The molecule has 8 bridgehead atoms. The third kappa shape index (κ3) is 6.60. The number of nitrogens with zero attached hydrogens (tertiary/aromatic N) is 8. The lowest BCUT2D eigenvalue weighted by atomic mass is 9.78. The van der Waals surface area contributed by atoms with Crippen molar-refractivity contribution in [2.24, 2.45) is 34.9 Å². The minimum atomic E-state index is -1.46. The summed E-state index contributed by atoms with van der Waals surface area (Å²) in [5.74, 6) is 3.94. The first-order valence-electron chi connectivity index (χ1n) is 27.0. The Balaban J connectivity index is 1.09. The highest BCUT2D eigenvalue weighted by Crippen LogP contribution is 2.54. The summed E-state index contributed by atoms with van der Waals surface area (Å²) in [6.45, 7) is 0. The molecule has 17 rings (SSSR count). The zero-order chi connectivity index (χ0) is 52.5. The molecule has 370 valence electrons. The van der Waals surface area contributed by atoms with Crippen LogP contribution < -0.4 is 4.90 Å². The third-order valence-corrected chi connectivity index (χ3v) is 16.2. The van der Waals surface area contributed by atoms with Gasteiger partial charge in [-0.25, -0.2) is 34.9 Å². The quantitative estimate of drug-likeness (QED) is 0.173. The van der Waals surface area contributed by atoms with Crippen LogP contribution in [0, 0.1) is 0 Å². The molecular weight excluding hydrogens is 977 g/mol. The van der Waals surface area contributed by atoms with E-state index in [4.69, 9.17) is 34.9 Å². The molecule has 8 heteroatoms. The molecule has 0 aromatic heterocycles. The molecule has 0 aliphatic carbocycles. The maximum absolute atomic E-state index is 6.11. The van der Waals surface area contributed by atoms with Gasteiger partial charge in [0.1, 0.15) is 11.7 Å². The minimum Gasteiger partial charge on any atom is -0.278 e. The molecule has 0 saturated carbocycles. The summed E-state index contributed by atoms with van der Waals surface area (Å²) >= 11 is 0. The maximum Gasteiger partial charge on any atom is 0.207 e. The smallest absolute Gasteiger partial charge is 0.207 e. The molecule has 0 fully saturated rings. The van der Waals surface area contributed by atoms with Gasteiger partial charge in [0.25, 0.3) is 0 Å². The number of benzene rings is 12. The summed E-state index contributed by atoms with van der Waals surface area (Å²) in [4.78, 5) is 43.0. The van der Waals surface area contributed by atoms with Gasteiger partial charge in [0.2, 0.25) is 5.66 Å². The number of amidine groups is 7. The molecule has 1 atom stereocenters. The number of anilines is 1. The number of hydrogen-bond donors (Lipinski definition) is 0. The van der Waals surface area contributed by atoms with Crippen LogP contribution in [0.2, 0.25) is 0 Å². The monoisotopic (exact) mass is 1020 g/mol. The Morgan fingerprint density at radius 3 is 1.14 bits per heavy atom. The highest BCUT2D eigenvalue weighted by molar-refractivity contribution is 6.42.